The molecule has 1 heterocycles. The molecule has 1 aliphatic heterocycles. The molecule has 3 rings (SSSR count). The van der Waals surface area contributed by atoms with Crippen molar-refractivity contribution >= 4 is 5.91 Å². The van der Waals surface area contributed by atoms with E-state index in [1.54, 1.807) is 0 Å². The fraction of sp³-hybridized carbons (Fsp3) is 0.400. The van der Waals surface area contributed by atoms with Gasteiger partial charge in [0.1, 0.15) is 0 Å². The number of hydrogen-bond acceptors (Lipinski definition) is 1. The van der Waals surface area contributed by atoms with E-state index in [1.165, 1.54) is 5.56 Å². The lowest BCUT2D eigenvalue weighted by molar-refractivity contribution is -0.132. The molecule has 1 unspecified atom stereocenters. The van der Waals surface area contributed by atoms with Crippen molar-refractivity contribution in [2.75, 3.05) is 6.54 Å². The van der Waals surface area contributed by atoms with Crippen molar-refractivity contribution < 1.29 is 4.79 Å². The highest BCUT2D eigenvalue weighted by atomic mass is 16.2. The van der Waals surface area contributed by atoms with Crippen LogP contribution in [0.3, 0.4) is 0 Å². The summed E-state index contributed by atoms with van der Waals surface area (Å²) in [5.41, 5.74) is 1.15. The quantitative estimate of drug-likeness (QED) is 0.727. The summed E-state index contributed by atoms with van der Waals surface area (Å²) in [5.74, 6) is 0.699. The number of likely N-dealkylation sites (tertiary alicyclic amines) is 1. The molecular weight excluding hydrogens is 210 g/mol. The standard InChI is InChI=1S/C15H17NO/c1-2-13-11-16(14(17)15(13)8-9-15)10-12-6-4-3-5-7-12/h2-7,13H,1,8-11H2. The van der Waals surface area contributed by atoms with E-state index < -0.39 is 0 Å². The Labute approximate surface area is 102 Å². The average Bonchev–Trinajstić information content (AvgIpc) is 3.11. The molecular formula is C15H17NO. The molecule has 1 saturated heterocycles. The second-order valence-corrected chi connectivity index (χ2v) is 5.17. The molecule has 1 aliphatic carbocycles. The van der Waals surface area contributed by atoms with Gasteiger partial charge >= 0.3 is 0 Å². The smallest absolute Gasteiger partial charge is 0.229 e. The molecule has 1 atom stereocenters. The second-order valence-electron chi connectivity index (χ2n) is 5.17. The minimum Gasteiger partial charge on any atom is -0.337 e. The third-order valence-corrected chi connectivity index (χ3v) is 4.13. The summed E-state index contributed by atoms with van der Waals surface area (Å²) < 4.78 is 0. The van der Waals surface area contributed by atoms with E-state index in [0.29, 0.717) is 11.8 Å². The first-order valence-corrected chi connectivity index (χ1v) is 6.22. The number of rotatable bonds is 3. The summed E-state index contributed by atoms with van der Waals surface area (Å²) in [6, 6.07) is 10.2. The van der Waals surface area contributed by atoms with Crippen molar-refractivity contribution in [3.63, 3.8) is 0 Å². The molecule has 2 nitrogen and oxygen atoms in total. The first-order valence-electron chi connectivity index (χ1n) is 6.22. The molecule has 17 heavy (non-hydrogen) atoms. The van der Waals surface area contributed by atoms with E-state index in [9.17, 15) is 4.79 Å². The van der Waals surface area contributed by atoms with E-state index in [2.05, 4.69) is 18.7 Å². The van der Waals surface area contributed by atoms with Gasteiger partial charge in [-0.3, -0.25) is 4.79 Å². The lowest BCUT2D eigenvalue weighted by Crippen LogP contribution is -2.27. The van der Waals surface area contributed by atoms with E-state index in [0.717, 1.165) is 25.9 Å². The van der Waals surface area contributed by atoms with Crippen LogP contribution in [-0.2, 0) is 11.3 Å². The molecule has 1 saturated carbocycles. The maximum absolute atomic E-state index is 12.3. The van der Waals surface area contributed by atoms with E-state index in [-0.39, 0.29) is 5.41 Å². The summed E-state index contributed by atoms with van der Waals surface area (Å²) in [6.07, 6.45) is 4.07. The van der Waals surface area contributed by atoms with Gasteiger partial charge in [0, 0.05) is 19.0 Å². The highest BCUT2D eigenvalue weighted by Crippen LogP contribution is 2.57. The van der Waals surface area contributed by atoms with Gasteiger partial charge in [0.2, 0.25) is 5.91 Å². The van der Waals surface area contributed by atoms with E-state index >= 15 is 0 Å². The lowest BCUT2D eigenvalue weighted by atomic mass is 9.93. The Morgan fingerprint density at radius 1 is 1.35 bits per heavy atom. The molecule has 1 aromatic carbocycles. The topological polar surface area (TPSA) is 20.3 Å². The fourth-order valence-corrected chi connectivity index (χ4v) is 2.93. The Balaban J connectivity index is 1.78. The van der Waals surface area contributed by atoms with Gasteiger partial charge in [-0.25, -0.2) is 0 Å². The van der Waals surface area contributed by atoms with Crippen molar-refractivity contribution in [1.29, 1.82) is 0 Å². The molecule has 1 amide bonds. The van der Waals surface area contributed by atoms with Crippen LogP contribution < -0.4 is 0 Å². The van der Waals surface area contributed by atoms with Gasteiger partial charge in [0.25, 0.3) is 0 Å². The Bertz CT molecular complexity index is 447. The molecule has 0 radical (unpaired) electrons. The van der Waals surface area contributed by atoms with Gasteiger partial charge in [-0.1, -0.05) is 36.4 Å². The highest BCUT2D eigenvalue weighted by Gasteiger charge is 2.60. The van der Waals surface area contributed by atoms with E-state index in [1.807, 2.05) is 29.2 Å². The number of nitrogens with zero attached hydrogens (tertiary/aromatic N) is 1. The van der Waals surface area contributed by atoms with Gasteiger partial charge in [0.05, 0.1) is 5.41 Å². The van der Waals surface area contributed by atoms with Crippen molar-refractivity contribution in [1.82, 2.24) is 4.90 Å². The Kier molecular flexibility index (Phi) is 2.32. The molecule has 1 spiro atoms. The molecule has 2 fully saturated rings. The first-order chi connectivity index (χ1) is 8.26. The summed E-state index contributed by atoms with van der Waals surface area (Å²) >= 11 is 0. The Morgan fingerprint density at radius 2 is 2.06 bits per heavy atom. The van der Waals surface area contributed by atoms with E-state index in [4.69, 9.17) is 0 Å². The van der Waals surface area contributed by atoms with Crippen LogP contribution >= 0.6 is 0 Å². The van der Waals surface area contributed by atoms with Gasteiger partial charge in [-0.2, -0.15) is 0 Å². The third kappa shape index (κ3) is 1.59. The van der Waals surface area contributed by atoms with Gasteiger partial charge in [0.15, 0.2) is 0 Å². The molecule has 2 heteroatoms. The lowest BCUT2D eigenvalue weighted by Gasteiger charge is -2.16. The Morgan fingerprint density at radius 3 is 2.59 bits per heavy atom. The SMILES string of the molecule is C=CC1CN(Cc2ccccc2)C(=O)C12CC2. The highest BCUT2D eigenvalue weighted by molar-refractivity contribution is 5.88. The summed E-state index contributed by atoms with van der Waals surface area (Å²) in [6.45, 7) is 5.46. The molecule has 1 aromatic rings. The fourth-order valence-electron chi connectivity index (χ4n) is 2.93. The third-order valence-electron chi connectivity index (χ3n) is 4.13. The van der Waals surface area contributed by atoms with Crippen LogP contribution in [0.15, 0.2) is 43.0 Å². The van der Waals surface area contributed by atoms with Gasteiger partial charge in [-0.05, 0) is 18.4 Å². The first kappa shape index (κ1) is 10.6. The number of benzene rings is 1. The predicted molar refractivity (Wildman–Crippen MR) is 67.2 cm³/mol. The Hall–Kier alpha value is -1.57. The predicted octanol–water partition coefficient (Wildman–Crippen LogP) is 2.61. The maximum Gasteiger partial charge on any atom is 0.229 e. The maximum atomic E-state index is 12.3. The summed E-state index contributed by atoms with van der Waals surface area (Å²) in [4.78, 5) is 14.3. The molecule has 2 aliphatic rings. The van der Waals surface area contributed by atoms with Crippen LogP contribution in [-0.4, -0.2) is 17.4 Å². The molecule has 0 aromatic heterocycles. The van der Waals surface area contributed by atoms with Gasteiger partial charge in [-0.15, -0.1) is 6.58 Å². The summed E-state index contributed by atoms with van der Waals surface area (Å²) in [7, 11) is 0. The van der Waals surface area contributed by atoms with Crippen LogP contribution in [0, 0.1) is 11.3 Å². The number of carbonyl (C=O) groups is 1. The zero-order valence-corrected chi connectivity index (χ0v) is 9.93. The number of carbonyl (C=O) groups excluding carboxylic acids is 1. The minimum atomic E-state index is -0.0590. The second kappa shape index (κ2) is 3.73. The zero-order valence-electron chi connectivity index (χ0n) is 9.93. The monoisotopic (exact) mass is 227 g/mol. The van der Waals surface area contributed by atoms with Crippen LogP contribution in [0.25, 0.3) is 0 Å². The van der Waals surface area contributed by atoms with Crippen LogP contribution in [0.4, 0.5) is 0 Å². The van der Waals surface area contributed by atoms with Crippen molar-refractivity contribution in [2.24, 2.45) is 11.3 Å². The van der Waals surface area contributed by atoms with Crippen LogP contribution in [0.5, 0.6) is 0 Å². The minimum absolute atomic E-state index is 0.0590. The van der Waals surface area contributed by atoms with Crippen LogP contribution in [0.1, 0.15) is 18.4 Å². The van der Waals surface area contributed by atoms with Crippen LogP contribution in [0.2, 0.25) is 0 Å². The van der Waals surface area contributed by atoms with Crippen molar-refractivity contribution in [2.45, 2.75) is 19.4 Å². The normalized spacial score (nSPS) is 25.3. The average molecular weight is 227 g/mol. The summed E-state index contributed by atoms with van der Waals surface area (Å²) in [5, 5.41) is 0. The van der Waals surface area contributed by atoms with Crippen molar-refractivity contribution in [3.05, 3.63) is 48.6 Å². The molecule has 0 N–H and O–H groups in total. The molecule has 88 valence electrons. The largest absolute Gasteiger partial charge is 0.337 e. The van der Waals surface area contributed by atoms with Crippen molar-refractivity contribution in [3.8, 4) is 0 Å². The number of hydrogen-bond donors (Lipinski definition) is 0. The zero-order chi connectivity index (χ0) is 11.9. The van der Waals surface area contributed by atoms with Gasteiger partial charge < -0.3 is 4.90 Å². The molecule has 0 bridgehead atoms. The number of amides is 1.